The first kappa shape index (κ1) is 10.7. The third-order valence-corrected chi connectivity index (χ3v) is 2.63. The lowest BCUT2D eigenvalue weighted by Crippen LogP contribution is -2.32. The number of carbonyl (C=O) groups excluding carboxylic acids is 1. The molecule has 0 radical (unpaired) electrons. The molecule has 0 bridgehead atoms. The summed E-state index contributed by atoms with van der Waals surface area (Å²) in [5.74, 6) is -3.84. The minimum atomic E-state index is -1.01. The number of carboxylic acids is 2. The number of carboxylic acid groups (broad SMARTS) is 2. The number of hydrogen-bond donors (Lipinski definition) is 2. The van der Waals surface area contributed by atoms with Crippen LogP contribution in [0.1, 0.15) is 19.3 Å². The number of carbonyl (C=O) groups is 3. The van der Waals surface area contributed by atoms with Gasteiger partial charge in [-0.25, -0.2) is 0 Å². The van der Waals surface area contributed by atoms with Crippen LogP contribution in [-0.2, 0) is 14.4 Å². The number of aldehydes is 1. The van der Waals surface area contributed by atoms with Crippen LogP contribution in [0.2, 0.25) is 0 Å². The summed E-state index contributed by atoms with van der Waals surface area (Å²) in [5.41, 5.74) is 0. The van der Waals surface area contributed by atoms with E-state index in [4.69, 9.17) is 10.2 Å². The number of rotatable bonds is 3. The maximum absolute atomic E-state index is 10.7. The Balaban J connectivity index is 2.70. The molecule has 14 heavy (non-hydrogen) atoms. The zero-order chi connectivity index (χ0) is 10.7. The summed E-state index contributed by atoms with van der Waals surface area (Å²) < 4.78 is 0. The fourth-order valence-electron chi connectivity index (χ4n) is 1.88. The average Bonchev–Trinajstić information content (AvgIpc) is 2.16. The van der Waals surface area contributed by atoms with E-state index in [1.807, 2.05) is 0 Å². The lowest BCUT2D eigenvalue weighted by atomic mass is 9.76. The Bertz CT molecular complexity index is 238. The van der Waals surface area contributed by atoms with Gasteiger partial charge in [-0.2, -0.15) is 0 Å². The van der Waals surface area contributed by atoms with Crippen molar-refractivity contribution in [2.75, 3.05) is 0 Å². The molecule has 5 heteroatoms. The van der Waals surface area contributed by atoms with Crippen molar-refractivity contribution in [1.82, 2.24) is 0 Å². The van der Waals surface area contributed by atoms with Crippen LogP contribution in [-0.4, -0.2) is 28.4 Å². The van der Waals surface area contributed by atoms with Crippen LogP contribution in [0.25, 0.3) is 0 Å². The summed E-state index contributed by atoms with van der Waals surface area (Å²) in [6, 6.07) is 0. The molecule has 0 aromatic rings. The van der Waals surface area contributed by atoms with Crippen molar-refractivity contribution >= 4 is 18.2 Å². The van der Waals surface area contributed by atoms with E-state index < -0.39 is 29.7 Å². The molecule has 0 amide bonds. The first-order valence-electron chi connectivity index (χ1n) is 4.45. The van der Waals surface area contributed by atoms with Crippen LogP contribution < -0.4 is 0 Å². The van der Waals surface area contributed by atoms with E-state index in [1.165, 1.54) is 0 Å². The highest BCUT2D eigenvalue weighted by atomic mass is 16.4. The Morgan fingerprint density at radius 3 is 1.71 bits per heavy atom. The van der Waals surface area contributed by atoms with Crippen molar-refractivity contribution < 1.29 is 24.6 Å². The second kappa shape index (κ2) is 4.21. The van der Waals surface area contributed by atoms with Crippen molar-refractivity contribution in [2.24, 2.45) is 17.8 Å². The fourth-order valence-corrected chi connectivity index (χ4v) is 1.88. The van der Waals surface area contributed by atoms with Crippen LogP contribution in [0.15, 0.2) is 0 Å². The molecule has 2 atom stereocenters. The number of aliphatic carboxylic acids is 2. The molecular formula is C9H12O5. The van der Waals surface area contributed by atoms with Gasteiger partial charge in [0, 0.05) is 5.92 Å². The monoisotopic (exact) mass is 200 g/mol. The zero-order valence-corrected chi connectivity index (χ0v) is 7.55. The van der Waals surface area contributed by atoms with Crippen molar-refractivity contribution in [2.45, 2.75) is 19.3 Å². The normalized spacial score (nSPS) is 32.1. The molecule has 1 fully saturated rings. The van der Waals surface area contributed by atoms with Crippen LogP contribution >= 0.6 is 0 Å². The van der Waals surface area contributed by atoms with Gasteiger partial charge in [0.15, 0.2) is 0 Å². The molecule has 0 aromatic heterocycles. The zero-order valence-electron chi connectivity index (χ0n) is 7.55. The van der Waals surface area contributed by atoms with Crippen LogP contribution in [0.5, 0.6) is 0 Å². The Kier molecular flexibility index (Phi) is 3.22. The maximum atomic E-state index is 10.7. The van der Waals surface area contributed by atoms with Crippen LogP contribution in [0.4, 0.5) is 0 Å². The van der Waals surface area contributed by atoms with Gasteiger partial charge in [0.2, 0.25) is 0 Å². The third kappa shape index (κ3) is 2.31. The van der Waals surface area contributed by atoms with Gasteiger partial charge in [-0.1, -0.05) is 0 Å². The molecule has 1 aliphatic carbocycles. The molecule has 1 saturated carbocycles. The topological polar surface area (TPSA) is 91.7 Å². The van der Waals surface area contributed by atoms with E-state index in [2.05, 4.69) is 0 Å². The third-order valence-electron chi connectivity index (χ3n) is 2.63. The van der Waals surface area contributed by atoms with Gasteiger partial charge < -0.3 is 15.0 Å². The molecule has 0 aromatic carbocycles. The molecule has 1 rings (SSSR count). The molecule has 0 saturated heterocycles. The molecule has 78 valence electrons. The highest BCUT2D eigenvalue weighted by Gasteiger charge is 2.35. The van der Waals surface area contributed by atoms with Gasteiger partial charge in [-0.05, 0) is 19.3 Å². The van der Waals surface area contributed by atoms with E-state index in [-0.39, 0.29) is 19.3 Å². The summed E-state index contributed by atoms with van der Waals surface area (Å²) in [4.78, 5) is 31.9. The first-order chi connectivity index (χ1) is 6.54. The van der Waals surface area contributed by atoms with Gasteiger partial charge in [0.25, 0.3) is 0 Å². The number of hydrogen-bond acceptors (Lipinski definition) is 3. The van der Waals surface area contributed by atoms with Gasteiger partial charge in [0.05, 0.1) is 11.8 Å². The predicted octanol–water partition coefficient (Wildman–Crippen LogP) is 0.387. The van der Waals surface area contributed by atoms with Gasteiger partial charge in [-0.15, -0.1) is 0 Å². The van der Waals surface area contributed by atoms with Crippen molar-refractivity contribution in [3.8, 4) is 0 Å². The summed E-state index contributed by atoms with van der Waals surface area (Å²) in [7, 11) is 0. The van der Waals surface area contributed by atoms with Crippen molar-refractivity contribution in [3.63, 3.8) is 0 Å². The molecule has 2 unspecified atom stereocenters. The average molecular weight is 200 g/mol. The summed E-state index contributed by atoms with van der Waals surface area (Å²) in [6.07, 6.45) is 1.32. The van der Waals surface area contributed by atoms with Crippen molar-refractivity contribution in [3.05, 3.63) is 0 Å². The standard InChI is InChI=1S/C9H12O5/c10-4-5-1-6(8(11)12)3-7(2-5)9(13)14/h4-7H,1-3H2,(H,11,12)(H,13,14). The Morgan fingerprint density at radius 1 is 1.00 bits per heavy atom. The van der Waals surface area contributed by atoms with E-state index >= 15 is 0 Å². The second-order valence-electron chi connectivity index (χ2n) is 3.67. The second-order valence-corrected chi connectivity index (χ2v) is 3.67. The Labute approximate surface area is 80.7 Å². The van der Waals surface area contributed by atoms with Crippen molar-refractivity contribution in [1.29, 1.82) is 0 Å². The SMILES string of the molecule is O=CC1CC(C(=O)O)CC(C(=O)O)C1. The summed E-state index contributed by atoms with van der Waals surface area (Å²) >= 11 is 0. The minimum Gasteiger partial charge on any atom is -0.481 e. The molecule has 5 nitrogen and oxygen atoms in total. The van der Waals surface area contributed by atoms with Gasteiger partial charge in [0.1, 0.15) is 6.29 Å². The fraction of sp³-hybridized carbons (Fsp3) is 0.667. The van der Waals surface area contributed by atoms with E-state index in [0.717, 1.165) is 0 Å². The largest absolute Gasteiger partial charge is 0.481 e. The molecule has 2 N–H and O–H groups in total. The van der Waals surface area contributed by atoms with E-state index in [9.17, 15) is 14.4 Å². The quantitative estimate of drug-likeness (QED) is 0.643. The molecule has 1 aliphatic rings. The Morgan fingerprint density at radius 2 is 1.43 bits per heavy atom. The molecule has 0 spiro atoms. The lowest BCUT2D eigenvalue weighted by Gasteiger charge is -2.27. The smallest absolute Gasteiger partial charge is 0.306 e. The minimum absolute atomic E-state index is 0.134. The summed E-state index contributed by atoms with van der Waals surface area (Å²) in [6.45, 7) is 0. The van der Waals surface area contributed by atoms with Crippen LogP contribution in [0.3, 0.4) is 0 Å². The predicted molar refractivity (Wildman–Crippen MR) is 45.7 cm³/mol. The maximum Gasteiger partial charge on any atom is 0.306 e. The lowest BCUT2D eigenvalue weighted by molar-refractivity contribution is -0.149. The first-order valence-corrected chi connectivity index (χ1v) is 4.45. The molecule has 0 aliphatic heterocycles. The van der Waals surface area contributed by atoms with E-state index in [1.54, 1.807) is 0 Å². The molecular weight excluding hydrogens is 188 g/mol. The highest BCUT2D eigenvalue weighted by Crippen LogP contribution is 2.32. The highest BCUT2D eigenvalue weighted by molar-refractivity contribution is 5.75. The Hall–Kier alpha value is -1.39. The summed E-state index contributed by atoms with van der Waals surface area (Å²) in [5, 5.41) is 17.5. The van der Waals surface area contributed by atoms with Crippen LogP contribution in [0, 0.1) is 17.8 Å². The molecule has 0 heterocycles. The van der Waals surface area contributed by atoms with Gasteiger partial charge >= 0.3 is 11.9 Å². The van der Waals surface area contributed by atoms with E-state index in [0.29, 0.717) is 6.29 Å². The van der Waals surface area contributed by atoms with Gasteiger partial charge in [-0.3, -0.25) is 9.59 Å².